The Balaban J connectivity index is 2.27. The summed E-state index contributed by atoms with van der Waals surface area (Å²) in [6.07, 6.45) is 0. The van der Waals surface area contributed by atoms with E-state index in [1.54, 1.807) is 20.8 Å². The first-order valence-corrected chi connectivity index (χ1v) is 9.41. The van der Waals surface area contributed by atoms with Gasteiger partial charge in [0, 0.05) is 11.7 Å². The van der Waals surface area contributed by atoms with E-state index < -0.39 is 22.0 Å². The molecule has 0 spiro atoms. The second kappa shape index (κ2) is 7.35. The normalized spacial score (nSPS) is 14.0. The lowest BCUT2D eigenvalue weighted by atomic mass is 9.94. The Morgan fingerprint density at radius 1 is 1.12 bits per heavy atom. The molecule has 2 atom stereocenters. The molecule has 2 rings (SSSR count). The first kappa shape index (κ1) is 19.1. The van der Waals surface area contributed by atoms with E-state index in [1.165, 1.54) is 12.1 Å². The van der Waals surface area contributed by atoms with Crippen LogP contribution in [0.3, 0.4) is 0 Å². The Morgan fingerprint density at radius 3 is 2.28 bits per heavy atom. The summed E-state index contributed by atoms with van der Waals surface area (Å²) in [6.45, 7) is 5.30. The van der Waals surface area contributed by atoms with Crippen LogP contribution in [0.2, 0.25) is 0 Å². The number of nitrogens with two attached hydrogens (primary N) is 2. The molecule has 0 aliphatic rings. The van der Waals surface area contributed by atoms with Gasteiger partial charge in [-0.05, 0) is 42.7 Å². The zero-order valence-corrected chi connectivity index (χ0v) is 15.3. The van der Waals surface area contributed by atoms with Crippen molar-refractivity contribution in [3.05, 3.63) is 59.2 Å². The Labute approximate surface area is 148 Å². The highest BCUT2D eigenvalue weighted by Gasteiger charge is 2.23. The number of primary sulfonamides is 1. The summed E-state index contributed by atoms with van der Waals surface area (Å²) in [4.78, 5) is 12.5. The summed E-state index contributed by atoms with van der Waals surface area (Å²) in [5.74, 6) is -0.786. The molecule has 0 saturated carbocycles. The van der Waals surface area contributed by atoms with Crippen LogP contribution in [0.1, 0.15) is 29.7 Å². The molecule has 1 amide bonds. The Bertz CT molecular complexity index is 880. The quantitative estimate of drug-likeness (QED) is 0.757. The topological polar surface area (TPSA) is 115 Å². The number of hydrogen-bond acceptors (Lipinski definition) is 4. The average molecular weight is 361 g/mol. The number of carbonyl (C=O) groups excluding carboxylic acids is 1. The van der Waals surface area contributed by atoms with Crippen LogP contribution in [-0.2, 0) is 14.8 Å². The third-order valence-corrected chi connectivity index (χ3v) is 5.26. The predicted molar refractivity (Wildman–Crippen MR) is 98.5 cm³/mol. The second-order valence-corrected chi connectivity index (χ2v) is 7.73. The van der Waals surface area contributed by atoms with Gasteiger partial charge in [-0.25, -0.2) is 13.6 Å². The van der Waals surface area contributed by atoms with Gasteiger partial charge in [-0.1, -0.05) is 37.3 Å². The van der Waals surface area contributed by atoms with Gasteiger partial charge in [0.25, 0.3) is 0 Å². The molecule has 2 unspecified atom stereocenters. The molecule has 0 saturated heterocycles. The van der Waals surface area contributed by atoms with E-state index in [4.69, 9.17) is 10.9 Å². The minimum atomic E-state index is -3.86. The highest BCUT2D eigenvalue weighted by molar-refractivity contribution is 7.89. The van der Waals surface area contributed by atoms with E-state index in [0.29, 0.717) is 5.69 Å². The van der Waals surface area contributed by atoms with Gasteiger partial charge < -0.3 is 11.1 Å². The molecule has 0 bridgehead atoms. The third-order valence-electron chi connectivity index (χ3n) is 4.36. The fourth-order valence-corrected chi connectivity index (χ4v) is 3.12. The van der Waals surface area contributed by atoms with E-state index in [9.17, 15) is 13.2 Å². The van der Waals surface area contributed by atoms with Crippen LogP contribution >= 0.6 is 0 Å². The summed E-state index contributed by atoms with van der Waals surface area (Å²) >= 11 is 0. The highest BCUT2D eigenvalue weighted by Crippen LogP contribution is 2.26. The monoisotopic (exact) mass is 361 g/mol. The van der Waals surface area contributed by atoms with Crippen LogP contribution in [-0.4, -0.2) is 14.3 Å². The maximum atomic E-state index is 12.6. The molecule has 0 radical (unpaired) electrons. The van der Waals surface area contributed by atoms with E-state index in [2.05, 4.69) is 5.32 Å². The Hall–Kier alpha value is -2.22. The maximum Gasteiger partial charge on any atom is 0.238 e. The van der Waals surface area contributed by atoms with E-state index in [0.717, 1.165) is 16.7 Å². The fourth-order valence-electron chi connectivity index (χ4n) is 2.49. The Morgan fingerprint density at radius 2 is 1.72 bits per heavy atom. The van der Waals surface area contributed by atoms with Crippen LogP contribution in [0, 0.1) is 19.8 Å². The minimum Gasteiger partial charge on any atom is -0.326 e. The molecule has 0 aromatic heterocycles. The van der Waals surface area contributed by atoms with E-state index >= 15 is 0 Å². The molecule has 2 aromatic rings. The number of benzene rings is 2. The van der Waals surface area contributed by atoms with Gasteiger partial charge in [0.05, 0.1) is 10.8 Å². The van der Waals surface area contributed by atoms with Crippen molar-refractivity contribution in [2.45, 2.75) is 31.7 Å². The number of amides is 1. The van der Waals surface area contributed by atoms with Crippen molar-refractivity contribution < 1.29 is 13.2 Å². The lowest BCUT2D eigenvalue weighted by Gasteiger charge is -2.21. The first-order valence-electron chi connectivity index (χ1n) is 7.86. The van der Waals surface area contributed by atoms with Crippen LogP contribution in [0.25, 0.3) is 0 Å². The molecular weight excluding hydrogens is 338 g/mol. The molecule has 134 valence electrons. The van der Waals surface area contributed by atoms with Gasteiger partial charge in [-0.15, -0.1) is 0 Å². The lowest BCUT2D eigenvalue weighted by Crippen LogP contribution is -2.30. The molecule has 0 heterocycles. The van der Waals surface area contributed by atoms with Gasteiger partial charge in [-0.3, -0.25) is 4.79 Å². The molecule has 7 heteroatoms. The van der Waals surface area contributed by atoms with Gasteiger partial charge >= 0.3 is 0 Å². The molecule has 25 heavy (non-hydrogen) atoms. The minimum absolute atomic E-state index is 0.0362. The lowest BCUT2D eigenvalue weighted by molar-refractivity contribution is -0.120. The van der Waals surface area contributed by atoms with E-state index in [-0.39, 0.29) is 10.8 Å². The maximum absolute atomic E-state index is 12.6. The Kier molecular flexibility index (Phi) is 5.62. The SMILES string of the molecule is Cc1cc(S(N)(=O)=O)cc(NC(=O)C(C)C(N)c2ccccc2)c1C. The van der Waals surface area contributed by atoms with Crippen molar-refractivity contribution in [3.8, 4) is 0 Å². The van der Waals surface area contributed by atoms with Crippen molar-refractivity contribution >= 4 is 21.6 Å². The third kappa shape index (κ3) is 4.45. The van der Waals surface area contributed by atoms with Gasteiger partial charge in [-0.2, -0.15) is 0 Å². The summed E-state index contributed by atoms with van der Waals surface area (Å²) < 4.78 is 23.2. The molecule has 5 N–H and O–H groups in total. The van der Waals surface area contributed by atoms with Crippen LogP contribution < -0.4 is 16.2 Å². The van der Waals surface area contributed by atoms with Crippen molar-refractivity contribution in [2.24, 2.45) is 16.8 Å². The second-order valence-electron chi connectivity index (χ2n) is 6.17. The van der Waals surface area contributed by atoms with Crippen molar-refractivity contribution in [2.75, 3.05) is 5.32 Å². The standard InChI is InChI=1S/C18H23N3O3S/c1-11-9-15(25(20,23)24)10-16(12(11)2)21-18(22)13(3)17(19)14-7-5-4-6-8-14/h4-10,13,17H,19H2,1-3H3,(H,21,22)(H2,20,23,24). The number of anilines is 1. The summed E-state index contributed by atoms with van der Waals surface area (Å²) in [6, 6.07) is 11.7. The zero-order chi connectivity index (χ0) is 18.8. The molecule has 6 nitrogen and oxygen atoms in total. The van der Waals surface area contributed by atoms with Crippen molar-refractivity contribution in [1.29, 1.82) is 0 Å². The molecule has 0 fully saturated rings. The molecular formula is C18H23N3O3S. The molecule has 0 aliphatic carbocycles. The summed E-state index contributed by atoms with van der Waals surface area (Å²) in [7, 11) is -3.86. The number of hydrogen-bond donors (Lipinski definition) is 3. The fraction of sp³-hybridized carbons (Fsp3) is 0.278. The van der Waals surface area contributed by atoms with Crippen LogP contribution in [0.15, 0.2) is 47.4 Å². The highest BCUT2D eigenvalue weighted by atomic mass is 32.2. The number of carbonyl (C=O) groups is 1. The number of nitrogens with one attached hydrogen (secondary N) is 1. The average Bonchev–Trinajstić information content (AvgIpc) is 2.57. The molecule has 0 aliphatic heterocycles. The van der Waals surface area contributed by atoms with Crippen molar-refractivity contribution in [1.82, 2.24) is 0 Å². The van der Waals surface area contributed by atoms with Crippen molar-refractivity contribution in [3.63, 3.8) is 0 Å². The van der Waals surface area contributed by atoms with Gasteiger partial charge in [0.2, 0.25) is 15.9 Å². The first-order chi connectivity index (χ1) is 11.6. The van der Waals surface area contributed by atoms with E-state index in [1.807, 2.05) is 30.3 Å². The van der Waals surface area contributed by atoms with Crippen LogP contribution in [0.4, 0.5) is 5.69 Å². The van der Waals surface area contributed by atoms with Gasteiger partial charge in [0.15, 0.2) is 0 Å². The number of rotatable bonds is 5. The smallest absolute Gasteiger partial charge is 0.238 e. The summed E-state index contributed by atoms with van der Waals surface area (Å²) in [5, 5.41) is 7.97. The predicted octanol–water partition coefficient (Wildman–Crippen LogP) is 2.23. The van der Waals surface area contributed by atoms with Gasteiger partial charge in [0.1, 0.15) is 0 Å². The zero-order valence-electron chi connectivity index (χ0n) is 14.5. The summed E-state index contributed by atoms with van der Waals surface area (Å²) in [5.41, 5.74) is 8.96. The largest absolute Gasteiger partial charge is 0.326 e. The molecule has 2 aromatic carbocycles. The van der Waals surface area contributed by atoms with Crippen LogP contribution in [0.5, 0.6) is 0 Å². The number of sulfonamides is 1. The number of aryl methyl sites for hydroxylation is 1.